The number of hydrogen-bond donors (Lipinski definition) is 0. The van der Waals surface area contributed by atoms with Gasteiger partial charge in [-0.2, -0.15) is 0 Å². The second-order valence-corrected chi connectivity index (χ2v) is 1.40. The molecule has 0 N–H and O–H groups in total. The average molecular weight is 88.8 g/mol. The summed E-state index contributed by atoms with van der Waals surface area (Å²) in [5, 5.41) is 0. The fraction of sp³-hybridized carbons (Fsp3) is 1.00. The van der Waals surface area contributed by atoms with Crippen LogP contribution in [0.25, 0.3) is 0 Å². The van der Waals surface area contributed by atoms with Crippen molar-refractivity contribution in [2.75, 3.05) is 7.11 Å². The van der Waals surface area contributed by atoms with E-state index in [1.807, 2.05) is 0 Å². The quantitative estimate of drug-likeness (QED) is 0.317. The van der Waals surface area contributed by atoms with Crippen LogP contribution in [0.2, 0.25) is 0 Å². The predicted molar refractivity (Wildman–Crippen MR) is 19.7 cm³/mol. The topological polar surface area (TPSA) is 32.3 Å². The Kier molecular flexibility index (Phi) is 2.66. The van der Waals surface area contributed by atoms with Crippen molar-refractivity contribution in [3.63, 3.8) is 0 Å². The Morgan fingerprint density at radius 3 is 2.20 bits per heavy atom. The summed E-state index contributed by atoms with van der Waals surface area (Å²) >= 11 is 0. The Morgan fingerprint density at radius 2 is 2.20 bits per heavy atom. The van der Waals surface area contributed by atoms with Crippen LogP contribution >= 0.6 is 7.87 Å². The van der Waals surface area contributed by atoms with Crippen LogP contribution in [0.5, 0.6) is 0 Å². The molecule has 0 aromatic heterocycles. The van der Waals surface area contributed by atoms with Crippen LogP contribution in [0.4, 0.5) is 0 Å². The van der Waals surface area contributed by atoms with Crippen molar-refractivity contribution >= 4 is 15.1 Å². The fourth-order valence-electron chi connectivity index (χ4n) is 0. The molecule has 0 aromatic rings. The van der Waals surface area contributed by atoms with Crippen molar-refractivity contribution in [1.29, 1.82) is 0 Å². The van der Waals surface area contributed by atoms with E-state index in [-0.39, 0.29) is 0 Å². The van der Waals surface area contributed by atoms with Crippen molar-refractivity contribution in [2.45, 2.75) is 0 Å². The molecule has 0 fully saturated rings. The maximum absolute atomic E-state index is 9.52. The second kappa shape index (κ2) is 2.52. The number of rotatable bonds is 1. The van der Waals surface area contributed by atoms with Crippen LogP contribution in [0.1, 0.15) is 0 Å². The third-order valence-electron chi connectivity index (χ3n) is 0.180. The Bertz CT molecular complexity index is 44.9. The zero-order valence-corrected chi connectivity index (χ0v) is 3.74. The van der Waals surface area contributed by atoms with E-state index in [0.717, 1.165) is 0 Å². The van der Waals surface area contributed by atoms with Crippen LogP contribution in [0, 0.1) is 0 Å². The molecule has 0 bridgehead atoms. The Balaban J connectivity index is 2.85. The molecule has 2 nitrogen and oxygen atoms in total. The SMILES string of the molecule is [B]=[P+]([O-])OC. The molecule has 0 amide bonds. The summed E-state index contributed by atoms with van der Waals surface area (Å²) < 4.78 is 4.04. The average Bonchev–Trinajstić information content (AvgIpc) is 1.38. The van der Waals surface area contributed by atoms with Gasteiger partial charge in [0, 0.05) is 0 Å². The molecule has 0 heterocycles. The van der Waals surface area contributed by atoms with E-state index in [9.17, 15) is 4.89 Å². The Hall–Kier alpha value is 0.285. The van der Waals surface area contributed by atoms with Gasteiger partial charge in [0.05, 0.1) is 0 Å². The first kappa shape index (κ1) is 5.28. The second-order valence-electron chi connectivity index (χ2n) is 0.468. The Labute approximate surface area is 32.7 Å². The summed E-state index contributed by atoms with van der Waals surface area (Å²) in [6.45, 7) is 0. The zero-order chi connectivity index (χ0) is 4.28. The fourth-order valence-corrected chi connectivity index (χ4v) is 0. The molecule has 0 aromatic carbocycles. The molecule has 0 aliphatic heterocycles. The van der Waals surface area contributed by atoms with Gasteiger partial charge in [-0.1, -0.05) is 0 Å². The van der Waals surface area contributed by atoms with E-state index in [4.69, 9.17) is 0 Å². The third-order valence-corrected chi connectivity index (χ3v) is 0.540. The first-order valence-electron chi connectivity index (χ1n) is 1.03. The van der Waals surface area contributed by atoms with Crippen molar-refractivity contribution in [2.24, 2.45) is 0 Å². The minimum atomic E-state index is -1.85. The zero-order valence-electron chi connectivity index (χ0n) is 2.84. The molecule has 1 radical (unpaired) electrons. The van der Waals surface area contributed by atoms with Crippen molar-refractivity contribution < 1.29 is 9.42 Å². The summed E-state index contributed by atoms with van der Waals surface area (Å²) in [5.41, 5.74) is 0. The first-order valence-corrected chi connectivity index (χ1v) is 2.28. The van der Waals surface area contributed by atoms with Crippen molar-refractivity contribution in [3.05, 3.63) is 0 Å². The van der Waals surface area contributed by atoms with Gasteiger partial charge in [-0.25, -0.2) is 0 Å². The predicted octanol–water partition coefficient (Wildman–Crippen LogP) is -0.612. The molecule has 0 aliphatic rings. The van der Waals surface area contributed by atoms with E-state index in [1.54, 1.807) is 0 Å². The van der Waals surface area contributed by atoms with Gasteiger partial charge < -0.3 is 0 Å². The van der Waals surface area contributed by atoms with E-state index in [0.29, 0.717) is 0 Å². The van der Waals surface area contributed by atoms with Gasteiger partial charge in [0.1, 0.15) is 0 Å². The summed E-state index contributed by atoms with van der Waals surface area (Å²) in [4.78, 5) is 9.52. The molecular weight excluding hydrogens is 85.8 g/mol. The summed E-state index contributed by atoms with van der Waals surface area (Å²) in [7, 11) is 4.02. The molecule has 1 unspecified atom stereocenters. The van der Waals surface area contributed by atoms with E-state index >= 15 is 0 Å². The molecule has 5 heavy (non-hydrogen) atoms. The Morgan fingerprint density at radius 1 is 2.00 bits per heavy atom. The van der Waals surface area contributed by atoms with Crippen LogP contribution in [-0.4, -0.2) is 14.3 Å². The van der Waals surface area contributed by atoms with Gasteiger partial charge in [0.2, 0.25) is 0 Å². The summed E-state index contributed by atoms with van der Waals surface area (Å²) in [6, 6.07) is 0. The summed E-state index contributed by atoms with van der Waals surface area (Å²) in [6.07, 6.45) is 0. The minimum absolute atomic E-state index is 1.29. The molecule has 0 rings (SSSR count). The third kappa shape index (κ3) is 4.28. The standard InChI is InChI=1S/CH3BO2P/c1-4-5(2)3/h1H3. The van der Waals surface area contributed by atoms with Crippen LogP contribution < -0.4 is 4.89 Å². The molecule has 4 heteroatoms. The van der Waals surface area contributed by atoms with Gasteiger partial charge >= 0.3 is 31.6 Å². The van der Waals surface area contributed by atoms with Crippen molar-refractivity contribution in [1.82, 2.24) is 0 Å². The molecular formula is CH3BO2P. The van der Waals surface area contributed by atoms with Gasteiger partial charge in [-0.15, -0.1) is 0 Å². The van der Waals surface area contributed by atoms with Crippen LogP contribution in [0.3, 0.4) is 0 Å². The van der Waals surface area contributed by atoms with E-state index in [1.165, 1.54) is 7.11 Å². The van der Waals surface area contributed by atoms with Crippen LogP contribution in [0.15, 0.2) is 0 Å². The van der Waals surface area contributed by atoms with E-state index < -0.39 is 7.87 Å². The van der Waals surface area contributed by atoms with Crippen molar-refractivity contribution in [3.8, 4) is 0 Å². The van der Waals surface area contributed by atoms with E-state index in [2.05, 4.69) is 11.7 Å². The normalized spacial score (nSPS) is 11.0. The van der Waals surface area contributed by atoms with Gasteiger partial charge in [0.25, 0.3) is 0 Å². The first-order chi connectivity index (χ1) is 2.27. The number of hydrogen-bond acceptors (Lipinski definition) is 2. The van der Waals surface area contributed by atoms with Gasteiger partial charge in [0.15, 0.2) is 0 Å². The molecule has 0 saturated heterocycles. The van der Waals surface area contributed by atoms with Crippen LogP contribution in [-0.2, 0) is 4.52 Å². The van der Waals surface area contributed by atoms with Gasteiger partial charge in [-0.05, 0) is 0 Å². The van der Waals surface area contributed by atoms with Gasteiger partial charge in [-0.3, -0.25) is 0 Å². The molecule has 27 valence electrons. The molecule has 0 aliphatic carbocycles. The summed E-state index contributed by atoms with van der Waals surface area (Å²) in [5.74, 6) is 0. The molecule has 0 spiro atoms. The monoisotopic (exact) mass is 89.0 g/mol. The molecule has 1 atom stereocenters. The molecule has 0 saturated carbocycles. The maximum atomic E-state index is 9.52.